The molecule has 228 valence electrons. The summed E-state index contributed by atoms with van der Waals surface area (Å²) in [5.41, 5.74) is -0.880. The van der Waals surface area contributed by atoms with E-state index >= 15 is 0 Å². The summed E-state index contributed by atoms with van der Waals surface area (Å²) in [6, 6.07) is 3.88. The van der Waals surface area contributed by atoms with Gasteiger partial charge in [-0.3, -0.25) is 19.4 Å². The van der Waals surface area contributed by atoms with Gasteiger partial charge in [0.15, 0.2) is 0 Å². The molecule has 7 atom stereocenters. The van der Waals surface area contributed by atoms with Crippen molar-refractivity contribution in [3.05, 3.63) is 36.2 Å². The van der Waals surface area contributed by atoms with Crippen LogP contribution < -0.4 is 0 Å². The van der Waals surface area contributed by atoms with Crippen LogP contribution in [0, 0.1) is 41.9 Å². The summed E-state index contributed by atoms with van der Waals surface area (Å²) >= 11 is 1.39. The maximum absolute atomic E-state index is 14.8. The third kappa shape index (κ3) is 6.43. The third-order valence-electron chi connectivity index (χ3n) is 10.4. The predicted octanol–water partition coefficient (Wildman–Crippen LogP) is 5.94. The quantitative estimate of drug-likeness (QED) is 0.206. The fraction of sp³-hybridized carbons (Fsp3) is 0.697. The van der Waals surface area contributed by atoms with E-state index in [2.05, 4.69) is 18.5 Å². The molecule has 0 spiro atoms. The summed E-state index contributed by atoms with van der Waals surface area (Å²) in [6.45, 7) is 20.9. The summed E-state index contributed by atoms with van der Waals surface area (Å²) in [5.74, 6) is -0.677. The monoisotopic (exact) mass is 586 g/mol. The molecular formula is C33H50N2O5S. The van der Waals surface area contributed by atoms with Gasteiger partial charge in [-0.1, -0.05) is 26.8 Å². The lowest BCUT2D eigenvalue weighted by Crippen LogP contribution is -2.64. The number of amides is 1. The molecule has 1 N–H and O–H groups in total. The number of thioether (sulfide) groups is 1. The van der Waals surface area contributed by atoms with Crippen LogP contribution in [0.2, 0.25) is 0 Å². The fourth-order valence-corrected chi connectivity index (χ4v) is 8.12. The predicted molar refractivity (Wildman–Crippen MR) is 164 cm³/mol. The molecule has 7 nitrogen and oxygen atoms in total. The van der Waals surface area contributed by atoms with Crippen molar-refractivity contribution in [1.82, 2.24) is 9.88 Å². The van der Waals surface area contributed by atoms with E-state index in [4.69, 9.17) is 4.74 Å². The van der Waals surface area contributed by atoms with E-state index in [9.17, 15) is 19.5 Å². The van der Waals surface area contributed by atoms with E-state index < -0.39 is 34.4 Å². The second-order valence-corrected chi connectivity index (χ2v) is 13.8. The Kier molecular flexibility index (Phi) is 10.6. The number of Topliss-reactive ketones (excluding diaryl/α,β-unsaturated/α-hetero) is 1. The van der Waals surface area contributed by atoms with Gasteiger partial charge in [-0.15, -0.1) is 18.3 Å². The van der Waals surface area contributed by atoms with E-state index in [1.54, 1.807) is 11.0 Å². The lowest BCUT2D eigenvalue weighted by molar-refractivity contribution is -0.191. The van der Waals surface area contributed by atoms with Crippen molar-refractivity contribution in [2.24, 2.45) is 28.1 Å². The van der Waals surface area contributed by atoms with Gasteiger partial charge < -0.3 is 14.7 Å². The highest BCUT2D eigenvalue weighted by Crippen LogP contribution is 2.60. The maximum atomic E-state index is 14.8. The molecule has 2 aliphatic carbocycles. The van der Waals surface area contributed by atoms with Gasteiger partial charge in [-0.05, 0) is 84.3 Å². The van der Waals surface area contributed by atoms with Crippen molar-refractivity contribution in [3.8, 4) is 0 Å². The van der Waals surface area contributed by atoms with Crippen LogP contribution in [0.4, 0.5) is 0 Å². The van der Waals surface area contributed by atoms with Crippen LogP contribution in [0.3, 0.4) is 0 Å². The average Bonchev–Trinajstić information content (AvgIpc) is 2.93. The van der Waals surface area contributed by atoms with Crippen LogP contribution in [-0.4, -0.2) is 63.7 Å². The molecule has 41 heavy (non-hydrogen) atoms. The Morgan fingerprint density at radius 3 is 2.37 bits per heavy atom. The van der Waals surface area contributed by atoms with Gasteiger partial charge in [0.2, 0.25) is 5.91 Å². The molecule has 1 amide bonds. The Bertz CT molecular complexity index is 1130. The third-order valence-corrected chi connectivity index (χ3v) is 11.3. The summed E-state index contributed by atoms with van der Waals surface area (Å²) in [6.07, 6.45) is 2.38. The van der Waals surface area contributed by atoms with Crippen LogP contribution in [-0.2, 0) is 19.1 Å². The fourth-order valence-electron chi connectivity index (χ4n) is 7.26. The zero-order valence-corrected chi connectivity index (χ0v) is 27.1. The molecule has 1 heterocycles. The number of aryl methyl sites for hydroxylation is 2. The van der Waals surface area contributed by atoms with E-state index in [1.165, 1.54) is 11.8 Å². The number of hydrogen-bond donors (Lipinski definition) is 1. The number of fused-ring (bicyclic) bond motifs is 2. The van der Waals surface area contributed by atoms with Gasteiger partial charge in [0.25, 0.3) is 0 Å². The number of carbonyl (C=O) groups is 3. The number of ether oxygens (including phenoxy) is 1. The first-order valence-corrected chi connectivity index (χ1v) is 16.1. The second-order valence-electron chi connectivity index (χ2n) is 12.8. The summed E-state index contributed by atoms with van der Waals surface area (Å²) in [5, 5.41) is 11.8. The average molecular weight is 587 g/mol. The number of ketones is 1. The molecular weight excluding hydrogens is 536 g/mol. The first-order valence-electron chi connectivity index (χ1n) is 15.1. The maximum Gasteiger partial charge on any atom is 0.316 e. The molecule has 2 bridgehead atoms. The standard InChI is InChI=1S/C33H50N2O5S/c1-10-31(8)19-26(40-28(37)20-41-25-17-22(5)34-23(6)18-25)32(9)21(4)13-15-33(30(32)39,24(7)29(31)38)16-14-27(36)35(11-2)12-3/h10,17-18,21,24,26,29,38H,1,11-16,19-20H2,2-9H3/t21?,24-,26+,29-,31+,32-,33-/m0/s1. The molecule has 2 aliphatic rings. The van der Waals surface area contributed by atoms with E-state index in [1.807, 2.05) is 60.6 Å². The molecule has 0 radical (unpaired) electrons. The first-order chi connectivity index (χ1) is 19.2. The number of esters is 1. The molecule has 0 saturated heterocycles. The largest absolute Gasteiger partial charge is 0.461 e. The van der Waals surface area contributed by atoms with Crippen molar-refractivity contribution in [2.75, 3.05) is 18.8 Å². The SMILES string of the molecule is C=C[C@]1(C)C[C@@H](OC(=O)CSc2cc(C)nc(C)c2)[C@@]2(C)C(=O)[C@](CCC(=O)N(CC)CC)(CCC2C)[C@@H](C)[C@@H]1O. The van der Waals surface area contributed by atoms with Gasteiger partial charge in [0, 0.05) is 46.6 Å². The number of hydrogen-bond acceptors (Lipinski definition) is 7. The molecule has 2 saturated carbocycles. The van der Waals surface area contributed by atoms with Gasteiger partial charge in [-0.2, -0.15) is 0 Å². The first kappa shape index (κ1) is 33.3. The Balaban J connectivity index is 1.97. The van der Waals surface area contributed by atoms with Gasteiger partial charge in [0.05, 0.1) is 17.3 Å². The highest BCUT2D eigenvalue weighted by molar-refractivity contribution is 8.00. The minimum absolute atomic E-state index is 0.0135. The van der Waals surface area contributed by atoms with Crippen LogP contribution >= 0.6 is 11.8 Å². The van der Waals surface area contributed by atoms with E-state index in [-0.39, 0.29) is 35.7 Å². The summed E-state index contributed by atoms with van der Waals surface area (Å²) in [7, 11) is 0. The number of carbonyl (C=O) groups excluding carboxylic acids is 3. The van der Waals surface area contributed by atoms with Crippen LogP contribution in [0.1, 0.15) is 85.0 Å². The van der Waals surface area contributed by atoms with Crippen molar-refractivity contribution >= 4 is 29.4 Å². The number of pyridine rings is 1. The number of aromatic nitrogens is 1. The molecule has 1 unspecified atom stereocenters. The number of rotatable bonds is 10. The van der Waals surface area contributed by atoms with Crippen molar-refractivity contribution in [1.29, 1.82) is 0 Å². The molecule has 3 rings (SSSR count). The molecule has 8 heteroatoms. The van der Waals surface area contributed by atoms with Crippen LogP contribution in [0.25, 0.3) is 0 Å². The lowest BCUT2D eigenvalue weighted by Gasteiger charge is -2.58. The minimum Gasteiger partial charge on any atom is -0.461 e. The van der Waals surface area contributed by atoms with E-state index in [0.29, 0.717) is 32.4 Å². The topological polar surface area (TPSA) is 96.8 Å². The summed E-state index contributed by atoms with van der Waals surface area (Å²) < 4.78 is 6.23. The Morgan fingerprint density at radius 1 is 1.20 bits per heavy atom. The van der Waals surface area contributed by atoms with Gasteiger partial charge >= 0.3 is 5.97 Å². The number of aliphatic hydroxyl groups is 1. The minimum atomic E-state index is -0.959. The number of nitrogens with zero attached hydrogens (tertiary/aromatic N) is 2. The summed E-state index contributed by atoms with van der Waals surface area (Å²) in [4.78, 5) is 48.3. The van der Waals surface area contributed by atoms with Gasteiger partial charge in [0.1, 0.15) is 11.9 Å². The van der Waals surface area contributed by atoms with Crippen LogP contribution in [0.15, 0.2) is 29.7 Å². The Labute approximate surface area is 250 Å². The highest BCUT2D eigenvalue weighted by atomic mass is 32.2. The smallest absolute Gasteiger partial charge is 0.316 e. The number of aliphatic hydroxyl groups excluding tert-OH is 1. The van der Waals surface area contributed by atoms with Gasteiger partial charge in [-0.25, -0.2) is 0 Å². The zero-order chi connectivity index (χ0) is 30.8. The Morgan fingerprint density at radius 2 is 1.80 bits per heavy atom. The van der Waals surface area contributed by atoms with Crippen LogP contribution in [0.5, 0.6) is 0 Å². The molecule has 1 aromatic rings. The van der Waals surface area contributed by atoms with E-state index in [0.717, 1.165) is 22.7 Å². The van der Waals surface area contributed by atoms with Crippen molar-refractivity contribution in [3.63, 3.8) is 0 Å². The second kappa shape index (κ2) is 13.0. The highest BCUT2D eigenvalue weighted by Gasteiger charge is 2.64. The normalized spacial score (nSPS) is 33.4. The van der Waals surface area contributed by atoms with Crippen molar-refractivity contribution in [2.45, 2.75) is 105 Å². The molecule has 0 aliphatic heterocycles. The zero-order valence-electron chi connectivity index (χ0n) is 26.3. The Hall–Kier alpha value is -2.19. The lowest BCUT2D eigenvalue weighted by atomic mass is 9.46. The molecule has 1 aromatic heterocycles. The molecule has 0 aromatic carbocycles. The van der Waals surface area contributed by atoms with Crippen molar-refractivity contribution < 1.29 is 24.2 Å². The molecule has 2 fully saturated rings.